The van der Waals surface area contributed by atoms with E-state index in [-0.39, 0.29) is 11.7 Å². The van der Waals surface area contributed by atoms with E-state index in [1.807, 2.05) is 60.7 Å². The molecular formula is C22H28O2S2. The molecular weight excluding hydrogens is 360 g/mol. The van der Waals surface area contributed by atoms with Crippen LogP contribution in [0.3, 0.4) is 0 Å². The van der Waals surface area contributed by atoms with Crippen LogP contribution in [-0.2, 0) is 16.3 Å². The number of rotatable bonds is 13. The Balaban J connectivity index is 1.97. The summed E-state index contributed by atoms with van der Waals surface area (Å²) in [4.78, 5) is 11.0. The lowest BCUT2D eigenvalue weighted by Crippen LogP contribution is -2.06. The Bertz CT molecular complexity index is 773. The molecule has 140 valence electrons. The van der Waals surface area contributed by atoms with E-state index in [4.69, 9.17) is 10.6 Å². The van der Waals surface area contributed by atoms with Crippen LogP contribution in [0.15, 0.2) is 60.7 Å². The van der Waals surface area contributed by atoms with Gasteiger partial charge in [0.05, 0.1) is 0 Å². The van der Waals surface area contributed by atoms with Gasteiger partial charge in [0, 0.05) is 28.6 Å². The van der Waals surface area contributed by atoms with Crippen molar-refractivity contribution in [1.29, 1.82) is 0 Å². The van der Waals surface area contributed by atoms with Crippen LogP contribution in [0.5, 0.6) is 0 Å². The molecule has 0 aromatic heterocycles. The second-order valence-electron chi connectivity index (χ2n) is 5.84. The maximum Gasteiger partial charge on any atom is 0.303 e. The minimum atomic E-state index is -2.27. The molecule has 0 aliphatic carbocycles. The Morgan fingerprint density at radius 2 is 1.58 bits per heavy atom. The van der Waals surface area contributed by atoms with Gasteiger partial charge in [0.2, 0.25) is 0 Å². The molecule has 0 aliphatic rings. The second kappa shape index (κ2) is 12.9. The van der Waals surface area contributed by atoms with Crippen molar-refractivity contribution in [2.24, 2.45) is 0 Å². The van der Waals surface area contributed by atoms with Crippen LogP contribution in [-0.4, -0.2) is 22.1 Å². The van der Waals surface area contributed by atoms with Gasteiger partial charge in [-0.2, -0.15) is 23.5 Å². The number of hydrogen-bond donors (Lipinski definition) is 1. The Morgan fingerprint density at radius 1 is 0.962 bits per heavy atom. The second-order valence-corrected chi connectivity index (χ2v) is 8.02. The zero-order valence-electron chi connectivity index (χ0n) is 18.8. The third-order valence-corrected chi connectivity index (χ3v) is 5.95. The molecule has 1 atom stereocenters. The summed E-state index contributed by atoms with van der Waals surface area (Å²) in [5.74, 6) is 0.274. The lowest BCUT2D eigenvalue weighted by molar-refractivity contribution is -0.137. The molecule has 4 heteroatoms. The fraction of sp³-hybridized carbons (Fsp3) is 0.409. The van der Waals surface area contributed by atoms with Gasteiger partial charge < -0.3 is 5.11 Å². The zero-order valence-corrected chi connectivity index (χ0v) is 16.4. The first kappa shape index (κ1) is 15.6. The monoisotopic (exact) mass is 392 g/mol. The molecule has 0 spiro atoms. The summed E-state index contributed by atoms with van der Waals surface area (Å²) in [5, 5.41) is 8.64. The molecule has 0 aliphatic heterocycles. The molecule has 2 aromatic rings. The molecule has 2 aromatic carbocycles. The lowest BCUT2D eigenvalue weighted by atomic mass is 10.1. The van der Waals surface area contributed by atoms with Crippen molar-refractivity contribution in [2.45, 2.75) is 48.8 Å². The van der Waals surface area contributed by atoms with Crippen LogP contribution >= 0.6 is 23.5 Å². The quantitative estimate of drug-likeness (QED) is 0.437. The van der Waals surface area contributed by atoms with E-state index in [0.29, 0.717) is 24.3 Å². The van der Waals surface area contributed by atoms with Crippen LogP contribution in [0.4, 0.5) is 0 Å². The molecule has 0 saturated carbocycles. The minimum Gasteiger partial charge on any atom is -0.481 e. The van der Waals surface area contributed by atoms with Gasteiger partial charge in [-0.25, -0.2) is 0 Å². The van der Waals surface area contributed by atoms with Crippen molar-refractivity contribution in [3.8, 4) is 0 Å². The number of carbonyl (C=O) groups is 1. The van der Waals surface area contributed by atoms with Crippen molar-refractivity contribution < 1.29 is 15.4 Å². The molecule has 0 heterocycles. The molecule has 1 unspecified atom stereocenters. The first-order valence-electron chi connectivity index (χ1n) is 10.7. The number of aliphatic carboxylic acids is 1. The Hall–Kier alpha value is -1.39. The molecule has 2 rings (SSSR count). The fourth-order valence-corrected chi connectivity index (χ4v) is 4.47. The number of carboxylic acid groups (broad SMARTS) is 1. The Kier molecular flexibility index (Phi) is 7.75. The summed E-state index contributed by atoms with van der Waals surface area (Å²) in [6.45, 7) is 0. The van der Waals surface area contributed by atoms with Gasteiger partial charge in [-0.3, -0.25) is 4.79 Å². The topological polar surface area (TPSA) is 37.3 Å². The molecule has 1 N–H and O–H groups in total. The average Bonchev–Trinajstić information content (AvgIpc) is 2.71. The molecule has 0 bridgehead atoms. The summed E-state index contributed by atoms with van der Waals surface area (Å²) in [6.07, 6.45) is -3.08. The van der Waals surface area contributed by atoms with Crippen LogP contribution in [0, 0.1) is 0 Å². The van der Waals surface area contributed by atoms with Crippen molar-refractivity contribution >= 4 is 29.5 Å². The van der Waals surface area contributed by atoms with Crippen molar-refractivity contribution in [1.82, 2.24) is 0 Å². The molecule has 0 radical (unpaired) electrons. The highest BCUT2D eigenvalue weighted by molar-refractivity contribution is 7.99. The summed E-state index contributed by atoms with van der Waals surface area (Å²) in [5.41, 5.74) is 2.27. The van der Waals surface area contributed by atoms with Gasteiger partial charge in [-0.05, 0) is 36.1 Å². The Morgan fingerprint density at radius 3 is 2.19 bits per heavy atom. The third-order valence-electron chi connectivity index (χ3n) is 3.74. The highest BCUT2D eigenvalue weighted by atomic mass is 32.2. The number of thioether (sulfide) groups is 2. The van der Waals surface area contributed by atoms with Gasteiger partial charge in [0.1, 0.15) is 0 Å². The van der Waals surface area contributed by atoms with Gasteiger partial charge in [0.15, 0.2) is 0 Å². The summed E-state index contributed by atoms with van der Waals surface area (Å²) >= 11 is 3.08. The normalized spacial score (nSPS) is 15.4. The van der Waals surface area contributed by atoms with Crippen molar-refractivity contribution in [3.63, 3.8) is 0 Å². The van der Waals surface area contributed by atoms with E-state index in [9.17, 15) is 4.79 Å². The van der Waals surface area contributed by atoms with Crippen LogP contribution < -0.4 is 0 Å². The van der Waals surface area contributed by atoms with Crippen LogP contribution in [0.2, 0.25) is 0 Å². The predicted octanol–water partition coefficient (Wildman–Crippen LogP) is 6.26. The first-order chi connectivity index (χ1) is 14.2. The van der Waals surface area contributed by atoms with E-state index in [2.05, 4.69) is 0 Å². The van der Waals surface area contributed by atoms with Gasteiger partial charge >= 0.3 is 5.97 Å². The van der Waals surface area contributed by atoms with E-state index < -0.39 is 18.7 Å². The summed E-state index contributed by atoms with van der Waals surface area (Å²) in [7, 11) is 0. The fourth-order valence-electron chi connectivity index (χ4n) is 2.39. The predicted molar refractivity (Wildman–Crippen MR) is 115 cm³/mol. The smallest absolute Gasteiger partial charge is 0.303 e. The highest BCUT2D eigenvalue weighted by Gasteiger charge is 2.10. The number of carboxylic acids is 1. The molecule has 2 nitrogen and oxygen atoms in total. The van der Waals surface area contributed by atoms with Crippen LogP contribution in [0.25, 0.3) is 0 Å². The third kappa shape index (κ3) is 9.35. The van der Waals surface area contributed by atoms with E-state index >= 15 is 0 Å². The van der Waals surface area contributed by atoms with Gasteiger partial charge in [-0.1, -0.05) is 67.1 Å². The zero-order chi connectivity index (χ0) is 22.0. The molecule has 0 fully saturated rings. The standard InChI is InChI=1S/C22H28O2S2/c23-22(24)14-8-7-13-21(26-18-20-11-5-2-6-12-20)15-16-25-17-19-9-3-1-4-10-19/h1-6,9-12,21H,7-8,13-18H2,(H,23,24)/i14D2,15D2. The van der Waals surface area contributed by atoms with Gasteiger partial charge in [0.25, 0.3) is 0 Å². The summed E-state index contributed by atoms with van der Waals surface area (Å²) < 4.78 is 32.5. The largest absolute Gasteiger partial charge is 0.481 e. The number of hydrogen-bond acceptors (Lipinski definition) is 3. The first-order valence-corrected chi connectivity index (χ1v) is 10.9. The molecule has 0 amide bonds. The van der Waals surface area contributed by atoms with Gasteiger partial charge in [-0.15, -0.1) is 0 Å². The van der Waals surface area contributed by atoms with Crippen LogP contribution in [0.1, 0.15) is 48.6 Å². The highest BCUT2D eigenvalue weighted by Crippen LogP contribution is 2.27. The molecule has 0 saturated heterocycles. The maximum absolute atomic E-state index is 11.0. The Labute approximate surface area is 171 Å². The average molecular weight is 393 g/mol. The molecule has 26 heavy (non-hydrogen) atoms. The van der Waals surface area contributed by atoms with E-state index in [0.717, 1.165) is 16.9 Å². The van der Waals surface area contributed by atoms with E-state index in [1.165, 1.54) is 11.8 Å². The minimum absolute atomic E-state index is 0.113. The van der Waals surface area contributed by atoms with Crippen molar-refractivity contribution in [2.75, 3.05) is 5.75 Å². The maximum atomic E-state index is 11.0. The number of benzene rings is 2. The van der Waals surface area contributed by atoms with Crippen molar-refractivity contribution in [3.05, 3.63) is 71.8 Å². The SMILES string of the molecule is [2H]C([2H])(CCCC(SCc1ccccc1)C([2H])([2H])CSCc1ccccc1)C(=O)O. The lowest BCUT2D eigenvalue weighted by Gasteiger charge is -2.16. The van der Waals surface area contributed by atoms with E-state index in [1.54, 1.807) is 11.8 Å². The summed E-state index contributed by atoms with van der Waals surface area (Å²) in [6, 6.07) is 19.8.